The SMILES string of the molecule is O=C(Nc1cn2c(-c3ccc(CN4CCS(=O)CC4)cc3)c(Cl)ccc2n1)C1CC1. The predicted octanol–water partition coefficient (Wildman–Crippen LogP) is 3.57. The van der Waals surface area contributed by atoms with Crippen LogP contribution < -0.4 is 5.32 Å². The fraction of sp³-hybridized carbons (Fsp3) is 0.364. The van der Waals surface area contributed by atoms with Crippen molar-refractivity contribution in [3.05, 3.63) is 53.2 Å². The lowest BCUT2D eigenvalue weighted by molar-refractivity contribution is -0.117. The summed E-state index contributed by atoms with van der Waals surface area (Å²) in [6.07, 6.45) is 3.74. The number of nitrogens with one attached hydrogen (secondary N) is 1. The van der Waals surface area contributed by atoms with E-state index < -0.39 is 10.8 Å². The number of nitrogens with zero attached hydrogens (tertiary/aromatic N) is 3. The number of fused-ring (bicyclic) bond motifs is 1. The molecule has 2 aromatic heterocycles. The zero-order chi connectivity index (χ0) is 20.7. The van der Waals surface area contributed by atoms with Crippen molar-refractivity contribution in [1.82, 2.24) is 14.3 Å². The zero-order valence-electron chi connectivity index (χ0n) is 16.5. The fourth-order valence-electron chi connectivity index (χ4n) is 3.80. The van der Waals surface area contributed by atoms with Gasteiger partial charge in [-0.25, -0.2) is 4.98 Å². The van der Waals surface area contributed by atoms with Crippen LogP contribution in [0.2, 0.25) is 5.02 Å². The smallest absolute Gasteiger partial charge is 0.228 e. The van der Waals surface area contributed by atoms with Crippen LogP contribution in [0.4, 0.5) is 5.82 Å². The highest BCUT2D eigenvalue weighted by Gasteiger charge is 2.30. The molecular weight excluding hydrogens is 420 g/mol. The van der Waals surface area contributed by atoms with Gasteiger partial charge >= 0.3 is 0 Å². The summed E-state index contributed by atoms with van der Waals surface area (Å²) in [6, 6.07) is 12.1. The third kappa shape index (κ3) is 4.15. The zero-order valence-corrected chi connectivity index (χ0v) is 18.1. The maximum Gasteiger partial charge on any atom is 0.228 e. The van der Waals surface area contributed by atoms with Gasteiger partial charge in [0.25, 0.3) is 0 Å². The Hall–Kier alpha value is -2.22. The molecule has 1 aliphatic heterocycles. The first kappa shape index (κ1) is 19.7. The summed E-state index contributed by atoms with van der Waals surface area (Å²) in [5.41, 5.74) is 3.81. The maximum absolute atomic E-state index is 12.1. The van der Waals surface area contributed by atoms with Crippen LogP contribution in [0.5, 0.6) is 0 Å². The molecule has 30 heavy (non-hydrogen) atoms. The summed E-state index contributed by atoms with van der Waals surface area (Å²) in [5.74, 6) is 2.24. The molecule has 2 aliphatic rings. The van der Waals surface area contributed by atoms with Crippen molar-refractivity contribution in [2.75, 3.05) is 29.9 Å². The number of benzene rings is 1. The van der Waals surface area contributed by atoms with E-state index in [0.29, 0.717) is 10.8 Å². The molecule has 1 saturated carbocycles. The molecule has 5 rings (SSSR count). The molecule has 1 aliphatic carbocycles. The highest BCUT2D eigenvalue weighted by Crippen LogP contribution is 2.32. The van der Waals surface area contributed by atoms with Crippen LogP contribution in [-0.4, -0.2) is 49.0 Å². The molecule has 2 fully saturated rings. The normalized spacial score (nSPS) is 18.0. The summed E-state index contributed by atoms with van der Waals surface area (Å²) in [5, 5.41) is 3.54. The van der Waals surface area contributed by atoms with E-state index in [9.17, 15) is 9.00 Å². The van der Waals surface area contributed by atoms with Crippen molar-refractivity contribution in [2.24, 2.45) is 5.92 Å². The summed E-state index contributed by atoms with van der Waals surface area (Å²) in [4.78, 5) is 19.0. The van der Waals surface area contributed by atoms with E-state index in [0.717, 1.165) is 60.9 Å². The van der Waals surface area contributed by atoms with Gasteiger partial charge in [-0.05, 0) is 30.5 Å². The van der Waals surface area contributed by atoms with Gasteiger partial charge in [-0.2, -0.15) is 0 Å². The third-order valence-electron chi connectivity index (χ3n) is 5.68. The van der Waals surface area contributed by atoms with E-state index >= 15 is 0 Å². The Morgan fingerprint density at radius 1 is 1.13 bits per heavy atom. The molecule has 0 radical (unpaired) electrons. The molecule has 3 heterocycles. The van der Waals surface area contributed by atoms with Gasteiger partial charge in [-0.15, -0.1) is 0 Å². The van der Waals surface area contributed by atoms with Gasteiger partial charge in [0.2, 0.25) is 5.91 Å². The second-order valence-electron chi connectivity index (χ2n) is 7.97. The summed E-state index contributed by atoms with van der Waals surface area (Å²) in [7, 11) is -0.656. The molecule has 6 nitrogen and oxygen atoms in total. The molecule has 1 amide bonds. The quantitative estimate of drug-likeness (QED) is 0.656. The van der Waals surface area contributed by atoms with Gasteiger partial charge in [0.1, 0.15) is 5.65 Å². The number of aromatic nitrogens is 2. The topological polar surface area (TPSA) is 66.7 Å². The lowest BCUT2D eigenvalue weighted by Crippen LogP contribution is -2.37. The van der Waals surface area contributed by atoms with Crippen molar-refractivity contribution in [3.63, 3.8) is 0 Å². The van der Waals surface area contributed by atoms with Crippen molar-refractivity contribution in [3.8, 4) is 11.3 Å². The van der Waals surface area contributed by atoms with E-state index in [-0.39, 0.29) is 11.8 Å². The molecule has 0 bridgehead atoms. The minimum atomic E-state index is -0.656. The van der Waals surface area contributed by atoms with Crippen molar-refractivity contribution >= 4 is 39.8 Å². The first-order valence-electron chi connectivity index (χ1n) is 10.2. The van der Waals surface area contributed by atoms with Gasteiger partial charge < -0.3 is 5.32 Å². The molecule has 0 spiro atoms. The summed E-state index contributed by atoms with van der Waals surface area (Å²) < 4.78 is 13.5. The highest BCUT2D eigenvalue weighted by molar-refractivity contribution is 7.85. The van der Waals surface area contributed by atoms with Crippen molar-refractivity contribution in [2.45, 2.75) is 19.4 Å². The van der Waals surface area contributed by atoms with Gasteiger partial charge in [0.05, 0.1) is 16.9 Å². The van der Waals surface area contributed by atoms with Crippen LogP contribution in [0.1, 0.15) is 18.4 Å². The minimum absolute atomic E-state index is 0.0388. The van der Waals surface area contributed by atoms with Gasteiger partial charge in [0, 0.05) is 53.4 Å². The fourth-order valence-corrected chi connectivity index (χ4v) is 5.19. The van der Waals surface area contributed by atoms with Crippen molar-refractivity contribution in [1.29, 1.82) is 0 Å². The largest absolute Gasteiger partial charge is 0.309 e. The van der Waals surface area contributed by atoms with E-state index in [2.05, 4.69) is 39.5 Å². The van der Waals surface area contributed by atoms with Gasteiger partial charge in [-0.3, -0.25) is 18.3 Å². The Kier molecular flexibility index (Phi) is 5.35. The molecule has 0 unspecified atom stereocenters. The molecular formula is C22H23ClN4O2S. The molecule has 1 aromatic carbocycles. The Morgan fingerprint density at radius 3 is 2.57 bits per heavy atom. The Balaban J connectivity index is 1.39. The first-order valence-corrected chi connectivity index (χ1v) is 12.1. The van der Waals surface area contributed by atoms with Crippen LogP contribution in [0.15, 0.2) is 42.6 Å². The third-order valence-corrected chi connectivity index (χ3v) is 7.26. The Morgan fingerprint density at radius 2 is 1.87 bits per heavy atom. The number of anilines is 1. The Bertz CT molecular complexity index is 1110. The van der Waals surface area contributed by atoms with Crippen LogP contribution in [0.25, 0.3) is 16.9 Å². The van der Waals surface area contributed by atoms with Gasteiger partial charge in [0.15, 0.2) is 5.82 Å². The number of carbonyl (C=O) groups is 1. The van der Waals surface area contributed by atoms with Crippen LogP contribution in [0.3, 0.4) is 0 Å². The average molecular weight is 443 g/mol. The molecule has 0 atom stereocenters. The lowest BCUT2D eigenvalue weighted by atomic mass is 10.1. The molecule has 1 N–H and O–H groups in total. The number of hydrogen-bond acceptors (Lipinski definition) is 4. The number of carbonyl (C=O) groups excluding carboxylic acids is 1. The summed E-state index contributed by atoms with van der Waals surface area (Å²) in [6.45, 7) is 2.62. The number of pyridine rings is 1. The van der Waals surface area contributed by atoms with Crippen molar-refractivity contribution < 1.29 is 9.00 Å². The standard InChI is InChI=1S/C22H23ClN4O2S/c23-18-7-8-20-24-19(25-22(28)17-5-6-17)14-27(20)21(18)16-3-1-15(2-4-16)13-26-9-11-30(29)12-10-26/h1-4,7-8,14,17H,5-6,9-13H2,(H,25,28). The maximum atomic E-state index is 12.1. The van der Waals surface area contributed by atoms with E-state index in [1.165, 1.54) is 5.56 Å². The van der Waals surface area contributed by atoms with Gasteiger partial charge in [-0.1, -0.05) is 35.9 Å². The van der Waals surface area contributed by atoms with E-state index in [1.54, 1.807) is 0 Å². The van der Waals surface area contributed by atoms with E-state index in [4.69, 9.17) is 11.6 Å². The molecule has 3 aromatic rings. The number of rotatable bonds is 5. The first-order chi connectivity index (χ1) is 14.6. The Labute approximate surface area is 182 Å². The monoisotopic (exact) mass is 442 g/mol. The predicted molar refractivity (Wildman–Crippen MR) is 120 cm³/mol. The second-order valence-corrected chi connectivity index (χ2v) is 10.1. The highest BCUT2D eigenvalue weighted by atomic mass is 35.5. The molecule has 156 valence electrons. The average Bonchev–Trinajstić information content (AvgIpc) is 3.52. The second kappa shape index (κ2) is 8.13. The van der Waals surface area contributed by atoms with Crippen LogP contribution in [-0.2, 0) is 22.1 Å². The molecule has 1 saturated heterocycles. The number of hydrogen-bond donors (Lipinski definition) is 1. The number of halogens is 1. The number of amides is 1. The van der Waals surface area contributed by atoms with Crippen LogP contribution in [0, 0.1) is 5.92 Å². The summed E-state index contributed by atoms with van der Waals surface area (Å²) >= 11 is 6.55. The number of imidazole rings is 1. The lowest BCUT2D eigenvalue weighted by Gasteiger charge is -2.26. The minimum Gasteiger partial charge on any atom is -0.309 e. The van der Waals surface area contributed by atoms with Crippen LogP contribution >= 0.6 is 11.6 Å². The molecule has 8 heteroatoms. The van der Waals surface area contributed by atoms with E-state index in [1.807, 2.05) is 22.7 Å².